The van der Waals surface area contributed by atoms with Gasteiger partial charge in [0, 0.05) is 25.3 Å². The predicted octanol–water partition coefficient (Wildman–Crippen LogP) is 3.85. The van der Waals surface area contributed by atoms with E-state index in [4.69, 9.17) is 4.74 Å². The maximum absolute atomic E-state index is 12.9. The van der Waals surface area contributed by atoms with Gasteiger partial charge in [-0.25, -0.2) is 13.2 Å². The number of piperidine rings is 1. The average Bonchev–Trinajstić information content (AvgIpc) is 3.34. The summed E-state index contributed by atoms with van der Waals surface area (Å²) < 4.78 is 32.7. The maximum Gasteiger partial charge on any atom is 0.410 e. The third-order valence-electron chi connectivity index (χ3n) is 6.50. The van der Waals surface area contributed by atoms with Crippen molar-refractivity contribution in [2.24, 2.45) is 5.92 Å². The molecule has 2 fully saturated rings. The van der Waals surface area contributed by atoms with Crippen molar-refractivity contribution in [3.8, 4) is 0 Å². The van der Waals surface area contributed by atoms with Crippen molar-refractivity contribution >= 4 is 27.7 Å². The molecule has 0 unspecified atom stereocenters. The van der Waals surface area contributed by atoms with E-state index in [0.29, 0.717) is 44.1 Å². The first-order valence-corrected chi connectivity index (χ1v) is 13.2. The van der Waals surface area contributed by atoms with E-state index in [1.54, 1.807) is 12.1 Å². The molecule has 8 nitrogen and oxygen atoms in total. The van der Waals surface area contributed by atoms with Crippen LogP contribution in [0.1, 0.15) is 38.2 Å². The third kappa shape index (κ3) is 5.59. The van der Waals surface area contributed by atoms with E-state index in [2.05, 4.69) is 12.2 Å². The standard InChI is InChI=1S/C25H31N3O5S/c1-19-13-16-27(17-14-19)34(31,32)22-11-9-21(10-12-22)26-24(29)23-8-5-15-28(23)25(30)33-18-20-6-3-2-4-7-20/h2-4,6-7,9-12,19,23H,5,8,13-18H2,1H3,(H,26,29)/t23-/m0/s1. The fraction of sp³-hybridized carbons (Fsp3) is 0.440. The normalized spacial score (nSPS) is 19.7. The molecule has 0 bridgehead atoms. The lowest BCUT2D eigenvalue weighted by molar-refractivity contribution is -0.120. The Kier molecular flexibility index (Phi) is 7.53. The quantitative estimate of drug-likeness (QED) is 0.671. The number of likely N-dealkylation sites (tertiary alicyclic amines) is 1. The van der Waals surface area contributed by atoms with Crippen LogP contribution >= 0.6 is 0 Å². The van der Waals surface area contributed by atoms with Crippen LogP contribution in [0.2, 0.25) is 0 Å². The molecule has 2 aliphatic heterocycles. The summed E-state index contributed by atoms with van der Waals surface area (Å²) in [6, 6.07) is 15.0. The molecule has 2 aromatic carbocycles. The lowest BCUT2D eigenvalue weighted by Crippen LogP contribution is -2.43. The van der Waals surface area contributed by atoms with Crippen molar-refractivity contribution in [2.45, 2.75) is 50.2 Å². The molecule has 0 aliphatic carbocycles. The minimum Gasteiger partial charge on any atom is -0.445 e. The second kappa shape index (κ2) is 10.6. The maximum atomic E-state index is 12.9. The molecule has 0 spiro atoms. The van der Waals surface area contributed by atoms with Crippen LogP contribution in [0, 0.1) is 5.92 Å². The fourth-order valence-corrected chi connectivity index (χ4v) is 5.84. The van der Waals surface area contributed by atoms with Gasteiger partial charge >= 0.3 is 6.09 Å². The van der Waals surface area contributed by atoms with Gasteiger partial charge in [0.05, 0.1) is 4.90 Å². The summed E-state index contributed by atoms with van der Waals surface area (Å²) >= 11 is 0. The van der Waals surface area contributed by atoms with Crippen LogP contribution in [0.3, 0.4) is 0 Å². The predicted molar refractivity (Wildman–Crippen MR) is 129 cm³/mol. The van der Waals surface area contributed by atoms with Crippen LogP contribution in [0.15, 0.2) is 59.5 Å². The Labute approximate surface area is 200 Å². The second-order valence-electron chi connectivity index (χ2n) is 8.99. The molecule has 0 aromatic heterocycles. The Morgan fingerprint density at radius 1 is 0.971 bits per heavy atom. The zero-order chi connectivity index (χ0) is 24.1. The number of nitrogens with zero attached hydrogens (tertiary/aromatic N) is 2. The summed E-state index contributed by atoms with van der Waals surface area (Å²) in [5.41, 5.74) is 1.37. The lowest BCUT2D eigenvalue weighted by atomic mass is 10.0. The largest absolute Gasteiger partial charge is 0.445 e. The van der Waals surface area contributed by atoms with Gasteiger partial charge in [0.15, 0.2) is 0 Å². The molecule has 2 aromatic rings. The first-order valence-electron chi connectivity index (χ1n) is 11.7. The number of ether oxygens (including phenoxy) is 1. The van der Waals surface area contributed by atoms with Gasteiger partial charge in [-0.3, -0.25) is 9.69 Å². The third-order valence-corrected chi connectivity index (χ3v) is 8.41. The topological polar surface area (TPSA) is 96.0 Å². The average molecular weight is 486 g/mol. The highest BCUT2D eigenvalue weighted by molar-refractivity contribution is 7.89. The number of benzene rings is 2. The van der Waals surface area contributed by atoms with Gasteiger partial charge in [-0.1, -0.05) is 37.3 Å². The summed E-state index contributed by atoms with van der Waals surface area (Å²) in [7, 11) is -3.54. The minimum atomic E-state index is -3.54. The monoisotopic (exact) mass is 485 g/mol. The lowest BCUT2D eigenvalue weighted by Gasteiger charge is -2.29. The van der Waals surface area contributed by atoms with E-state index in [9.17, 15) is 18.0 Å². The van der Waals surface area contributed by atoms with Gasteiger partial charge in [0.1, 0.15) is 12.6 Å². The van der Waals surface area contributed by atoms with E-state index in [-0.39, 0.29) is 17.4 Å². The van der Waals surface area contributed by atoms with Crippen LogP contribution in [0.5, 0.6) is 0 Å². The molecule has 2 aliphatic rings. The van der Waals surface area contributed by atoms with E-state index in [0.717, 1.165) is 18.4 Å². The number of nitrogens with one attached hydrogen (secondary N) is 1. The Balaban J connectivity index is 1.35. The van der Waals surface area contributed by atoms with Gasteiger partial charge in [-0.15, -0.1) is 0 Å². The molecule has 0 saturated carbocycles. The van der Waals surface area contributed by atoms with E-state index in [1.807, 2.05) is 30.3 Å². The molecule has 1 N–H and O–H groups in total. The fourth-order valence-electron chi connectivity index (χ4n) is 4.37. The van der Waals surface area contributed by atoms with Gasteiger partial charge in [0.2, 0.25) is 15.9 Å². The summed E-state index contributed by atoms with van der Waals surface area (Å²) in [4.78, 5) is 27.1. The highest BCUT2D eigenvalue weighted by atomic mass is 32.2. The van der Waals surface area contributed by atoms with Crippen LogP contribution < -0.4 is 5.32 Å². The van der Waals surface area contributed by atoms with Crippen molar-refractivity contribution in [1.82, 2.24) is 9.21 Å². The van der Waals surface area contributed by atoms with E-state index in [1.165, 1.54) is 21.3 Å². The molecular weight excluding hydrogens is 454 g/mol. The van der Waals surface area contributed by atoms with E-state index >= 15 is 0 Å². The van der Waals surface area contributed by atoms with Crippen molar-refractivity contribution in [3.05, 3.63) is 60.2 Å². The van der Waals surface area contributed by atoms with Gasteiger partial charge < -0.3 is 10.1 Å². The zero-order valence-electron chi connectivity index (χ0n) is 19.4. The van der Waals surface area contributed by atoms with E-state index < -0.39 is 22.2 Å². The highest BCUT2D eigenvalue weighted by Gasteiger charge is 2.35. The molecule has 182 valence electrons. The van der Waals surface area contributed by atoms with Gasteiger partial charge in [-0.2, -0.15) is 4.31 Å². The van der Waals surface area contributed by atoms with Crippen LogP contribution in [0.4, 0.5) is 10.5 Å². The van der Waals surface area contributed by atoms with Crippen molar-refractivity contribution in [1.29, 1.82) is 0 Å². The number of amides is 2. The van der Waals surface area contributed by atoms with Crippen LogP contribution in [0.25, 0.3) is 0 Å². The van der Waals surface area contributed by atoms with Crippen molar-refractivity contribution in [2.75, 3.05) is 25.0 Å². The minimum absolute atomic E-state index is 0.149. The Hall–Kier alpha value is -2.91. The highest BCUT2D eigenvalue weighted by Crippen LogP contribution is 2.25. The summed E-state index contributed by atoms with van der Waals surface area (Å²) in [6.45, 7) is 3.79. The first kappa shape index (κ1) is 24.2. The number of hydrogen-bond acceptors (Lipinski definition) is 5. The molecule has 2 amide bonds. The van der Waals surface area contributed by atoms with Gasteiger partial charge in [-0.05, 0) is 61.4 Å². The molecule has 1 atom stereocenters. The van der Waals surface area contributed by atoms with Crippen LogP contribution in [-0.2, 0) is 26.2 Å². The molecular formula is C25H31N3O5S. The van der Waals surface area contributed by atoms with Crippen molar-refractivity contribution < 1.29 is 22.7 Å². The molecule has 0 radical (unpaired) electrons. The molecule has 2 saturated heterocycles. The number of sulfonamides is 1. The Bertz CT molecular complexity index is 1100. The SMILES string of the molecule is CC1CCN(S(=O)(=O)c2ccc(NC(=O)[C@@H]3CCCN3C(=O)OCc3ccccc3)cc2)CC1. The molecule has 4 rings (SSSR count). The number of rotatable bonds is 6. The summed E-state index contributed by atoms with van der Waals surface area (Å²) in [5, 5.41) is 2.81. The number of hydrogen-bond donors (Lipinski definition) is 1. The zero-order valence-corrected chi connectivity index (χ0v) is 20.2. The van der Waals surface area contributed by atoms with Crippen molar-refractivity contribution in [3.63, 3.8) is 0 Å². The van der Waals surface area contributed by atoms with Gasteiger partial charge in [0.25, 0.3) is 0 Å². The number of carbonyl (C=O) groups excluding carboxylic acids is 2. The molecule has 9 heteroatoms. The summed E-state index contributed by atoms with van der Waals surface area (Å²) in [5.74, 6) is 0.226. The Morgan fingerprint density at radius 3 is 2.32 bits per heavy atom. The summed E-state index contributed by atoms with van der Waals surface area (Å²) in [6.07, 6.45) is 2.47. The van der Waals surface area contributed by atoms with Crippen LogP contribution in [-0.4, -0.2) is 55.3 Å². The second-order valence-corrected chi connectivity index (χ2v) is 10.9. The molecule has 34 heavy (non-hydrogen) atoms. The number of anilines is 1. The first-order chi connectivity index (χ1) is 16.3. The number of carbonyl (C=O) groups is 2. The Morgan fingerprint density at radius 2 is 1.65 bits per heavy atom. The molecule has 2 heterocycles. The smallest absolute Gasteiger partial charge is 0.410 e.